The number of hydrogen-bond donors (Lipinski definition) is 2. The Labute approximate surface area is 136 Å². The first-order valence-corrected chi connectivity index (χ1v) is 8.11. The molecule has 0 aliphatic carbocycles. The largest absolute Gasteiger partial charge is 0.422 e. The number of anilines is 1. The summed E-state index contributed by atoms with van der Waals surface area (Å²) in [4.78, 5) is 28.4. The van der Waals surface area contributed by atoms with Gasteiger partial charge in [0.15, 0.2) is 10.2 Å². The van der Waals surface area contributed by atoms with Gasteiger partial charge in [0.1, 0.15) is 0 Å². The zero-order chi connectivity index (χ0) is 15.4. The van der Waals surface area contributed by atoms with Crippen LogP contribution >= 0.6 is 38.6 Å². The van der Waals surface area contributed by atoms with Crippen molar-refractivity contribution in [3.63, 3.8) is 0 Å². The molecule has 0 aliphatic heterocycles. The van der Waals surface area contributed by atoms with Crippen molar-refractivity contribution in [3.8, 4) is 5.06 Å². The molecule has 2 amide bonds. The van der Waals surface area contributed by atoms with E-state index in [2.05, 4.69) is 20.9 Å². The molecule has 0 aliphatic rings. The molecule has 7 nitrogen and oxygen atoms in total. The van der Waals surface area contributed by atoms with E-state index in [0.29, 0.717) is 15.9 Å². The van der Waals surface area contributed by atoms with E-state index in [1.807, 2.05) is 0 Å². The van der Waals surface area contributed by atoms with Crippen LogP contribution in [0.3, 0.4) is 0 Å². The highest BCUT2D eigenvalue weighted by atomic mass is 79.9. The monoisotopic (exact) mass is 391 g/mol. The molecular formula is C11H10BrN3O4S2. The summed E-state index contributed by atoms with van der Waals surface area (Å²) in [6.07, 6.45) is -0.634. The Bertz CT molecular complexity index is 657. The van der Waals surface area contributed by atoms with Crippen LogP contribution in [0.1, 0.15) is 5.69 Å². The van der Waals surface area contributed by atoms with Gasteiger partial charge in [0, 0.05) is 28.3 Å². The maximum absolute atomic E-state index is 12.0. The zero-order valence-corrected chi connectivity index (χ0v) is 13.9. The van der Waals surface area contributed by atoms with Gasteiger partial charge in [0.05, 0.1) is 12.1 Å². The number of rotatable bonds is 4. The third kappa shape index (κ3) is 4.24. The Morgan fingerprint density at radius 3 is 2.86 bits per heavy atom. The average molecular weight is 392 g/mol. The first-order chi connectivity index (χ1) is 9.99. The number of hydroxylamine groups is 1. The van der Waals surface area contributed by atoms with E-state index in [1.54, 1.807) is 16.8 Å². The minimum Gasteiger partial charge on any atom is -0.399 e. The topological polar surface area (TPSA) is 91.8 Å². The smallest absolute Gasteiger partial charge is 0.399 e. The van der Waals surface area contributed by atoms with Crippen LogP contribution in [-0.4, -0.2) is 29.2 Å². The number of carbonyl (C=O) groups excluding carboxylic acids is 2. The summed E-state index contributed by atoms with van der Waals surface area (Å²) in [5, 5.41) is 12.8. The molecule has 2 aromatic heterocycles. The maximum Gasteiger partial charge on any atom is 0.422 e. The van der Waals surface area contributed by atoms with E-state index in [0.717, 1.165) is 4.47 Å². The molecule has 2 rings (SSSR count). The summed E-state index contributed by atoms with van der Waals surface area (Å²) in [5.74, 6) is -0.569. The second-order valence-corrected chi connectivity index (χ2v) is 6.47. The van der Waals surface area contributed by atoms with Gasteiger partial charge < -0.3 is 4.74 Å². The van der Waals surface area contributed by atoms with Gasteiger partial charge >= 0.3 is 6.09 Å². The number of nitrogens with zero attached hydrogens (tertiary/aromatic N) is 2. The lowest BCUT2D eigenvalue weighted by Gasteiger charge is -2.12. The van der Waals surface area contributed by atoms with Crippen LogP contribution in [-0.2, 0) is 11.2 Å². The molecule has 2 heterocycles. The van der Waals surface area contributed by atoms with Gasteiger partial charge in [-0.1, -0.05) is 0 Å². The summed E-state index contributed by atoms with van der Waals surface area (Å²) >= 11 is 5.77. The molecule has 0 atom stereocenters. The molecule has 0 fully saturated rings. The average Bonchev–Trinajstić information content (AvgIpc) is 3.07. The van der Waals surface area contributed by atoms with Crippen LogP contribution in [0.4, 0.5) is 9.93 Å². The molecule has 0 radical (unpaired) electrons. The molecular weight excluding hydrogens is 382 g/mol. The highest BCUT2D eigenvalue weighted by Crippen LogP contribution is 2.28. The number of aromatic nitrogens is 1. The number of nitrogens with one attached hydrogen (secondary N) is 1. The fourth-order valence-electron chi connectivity index (χ4n) is 1.32. The number of halogens is 1. The third-order valence-electron chi connectivity index (χ3n) is 2.30. The summed E-state index contributed by atoms with van der Waals surface area (Å²) in [5.41, 5.74) is 1.99. The van der Waals surface area contributed by atoms with Crippen molar-refractivity contribution in [3.05, 3.63) is 27.0 Å². The molecule has 21 heavy (non-hydrogen) atoms. The normalized spacial score (nSPS) is 10.2. The Morgan fingerprint density at radius 2 is 2.24 bits per heavy atom. The van der Waals surface area contributed by atoms with Crippen LogP contribution in [0.5, 0.6) is 5.06 Å². The minimum absolute atomic E-state index is 0.0617. The molecule has 2 N–H and O–H groups in total. The van der Waals surface area contributed by atoms with E-state index in [-0.39, 0.29) is 6.42 Å². The van der Waals surface area contributed by atoms with Crippen molar-refractivity contribution >= 4 is 55.7 Å². The molecule has 0 spiro atoms. The van der Waals surface area contributed by atoms with Crippen molar-refractivity contribution < 1.29 is 19.5 Å². The van der Waals surface area contributed by atoms with Gasteiger partial charge in [0.25, 0.3) is 0 Å². The lowest BCUT2D eigenvalue weighted by atomic mass is 10.3. The van der Waals surface area contributed by atoms with Gasteiger partial charge in [-0.3, -0.25) is 14.9 Å². The lowest BCUT2D eigenvalue weighted by Crippen LogP contribution is -2.29. The molecule has 112 valence electrons. The summed E-state index contributed by atoms with van der Waals surface area (Å²) in [6.45, 7) is 0. The standard InChI is InChI=1S/C11H10BrN3O4S2/c1-15(11(17)19-9-2-6(12)4-20-9)10-13-7(5-21-10)3-8(16)14-18/h2,4-5,18H,3H2,1H3,(H,14,16). The Kier molecular flexibility index (Phi) is 5.28. The Hall–Kier alpha value is -1.49. The molecule has 10 heteroatoms. The predicted octanol–water partition coefficient (Wildman–Crippen LogP) is 2.65. The Morgan fingerprint density at radius 1 is 1.48 bits per heavy atom. The van der Waals surface area contributed by atoms with Crippen molar-refractivity contribution in [2.45, 2.75) is 6.42 Å². The fraction of sp³-hybridized carbons (Fsp3) is 0.182. The van der Waals surface area contributed by atoms with Crippen molar-refractivity contribution in [1.82, 2.24) is 10.5 Å². The van der Waals surface area contributed by atoms with Crippen molar-refractivity contribution in [2.75, 3.05) is 11.9 Å². The first kappa shape index (κ1) is 15.9. The second kappa shape index (κ2) is 6.98. The summed E-state index contributed by atoms with van der Waals surface area (Å²) in [7, 11) is 1.53. The highest BCUT2D eigenvalue weighted by Gasteiger charge is 2.18. The summed E-state index contributed by atoms with van der Waals surface area (Å²) < 4.78 is 6.02. The van der Waals surface area contributed by atoms with Gasteiger partial charge in [-0.2, -0.15) is 0 Å². The highest BCUT2D eigenvalue weighted by molar-refractivity contribution is 9.10. The predicted molar refractivity (Wildman–Crippen MR) is 82.2 cm³/mol. The van der Waals surface area contributed by atoms with E-state index in [9.17, 15) is 9.59 Å². The molecule has 0 saturated heterocycles. The molecule has 2 aromatic rings. The summed E-state index contributed by atoms with van der Waals surface area (Å²) in [6, 6.07) is 1.69. The van der Waals surface area contributed by atoms with Gasteiger partial charge in [-0.05, 0) is 15.9 Å². The Balaban J connectivity index is 2.00. The first-order valence-electron chi connectivity index (χ1n) is 5.56. The van der Waals surface area contributed by atoms with Gasteiger partial charge in [0.2, 0.25) is 5.91 Å². The third-order valence-corrected chi connectivity index (χ3v) is 4.83. The zero-order valence-electron chi connectivity index (χ0n) is 10.7. The quantitative estimate of drug-likeness (QED) is 0.617. The second-order valence-electron chi connectivity index (χ2n) is 3.84. The van der Waals surface area contributed by atoms with Crippen LogP contribution in [0, 0.1) is 0 Å². The van der Waals surface area contributed by atoms with Crippen LogP contribution in [0.15, 0.2) is 21.3 Å². The molecule has 0 aromatic carbocycles. The number of thiophene rings is 1. The number of amides is 2. The van der Waals surface area contributed by atoms with Crippen LogP contribution in [0.2, 0.25) is 0 Å². The number of thiazole rings is 1. The maximum atomic E-state index is 12.0. The number of carbonyl (C=O) groups is 2. The van der Waals surface area contributed by atoms with Crippen LogP contribution in [0.25, 0.3) is 0 Å². The minimum atomic E-state index is -0.572. The van der Waals surface area contributed by atoms with Gasteiger partial charge in [-0.15, -0.1) is 22.7 Å². The number of hydrogen-bond acceptors (Lipinski definition) is 7. The fourth-order valence-corrected chi connectivity index (χ4v) is 3.35. The van der Waals surface area contributed by atoms with Gasteiger partial charge in [-0.25, -0.2) is 15.3 Å². The SMILES string of the molecule is CN(C(=O)Oc1cc(Br)cs1)c1nc(CC(=O)NO)cs1. The van der Waals surface area contributed by atoms with E-state index >= 15 is 0 Å². The van der Waals surface area contributed by atoms with E-state index in [4.69, 9.17) is 9.94 Å². The molecule has 0 bridgehead atoms. The van der Waals surface area contributed by atoms with E-state index < -0.39 is 12.0 Å². The van der Waals surface area contributed by atoms with E-state index in [1.165, 1.54) is 40.1 Å². The van der Waals surface area contributed by atoms with Crippen LogP contribution < -0.4 is 15.1 Å². The molecule has 0 unspecified atom stereocenters. The number of ether oxygens (including phenoxy) is 1. The van der Waals surface area contributed by atoms with Crippen molar-refractivity contribution in [1.29, 1.82) is 0 Å². The molecule has 0 saturated carbocycles. The lowest BCUT2D eigenvalue weighted by molar-refractivity contribution is -0.128. The van der Waals surface area contributed by atoms with Crippen molar-refractivity contribution in [2.24, 2.45) is 0 Å².